The van der Waals surface area contributed by atoms with Gasteiger partial charge in [-0.05, 0) is 29.8 Å². The van der Waals surface area contributed by atoms with Gasteiger partial charge >= 0.3 is 0 Å². The van der Waals surface area contributed by atoms with Gasteiger partial charge in [-0.15, -0.1) is 0 Å². The van der Waals surface area contributed by atoms with Crippen molar-refractivity contribution in [2.75, 3.05) is 18.3 Å². The van der Waals surface area contributed by atoms with E-state index in [4.69, 9.17) is 32.5 Å². The number of nitrogens with two attached hydrogens (primary N) is 2. The zero-order valence-electron chi connectivity index (χ0n) is 12.0. The second kappa shape index (κ2) is 5.17. The molecule has 0 radical (unpaired) electrons. The molecule has 0 aliphatic carbocycles. The van der Waals surface area contributed by atoms with E-state index in [0.29, 0.717) is 22.6 Å². The molecule has 23 heavy (non-hydrogen) atoms. The minimum Gasteiger partial charge on any atom is -0.454 e. The number of benzene rings is 2. The summed E-state index contributed by atoms with van der Waals surface area (Å²) in [4.78, 5) is 8.57. The highest BCUT2D eigenvalue weighted by molar-refractivity contribution is 6.34. The molecule has 0 amide bonds. The molecule has 0 unspecified atom stereocenters. The Hall–Kier alpha value is -2.73. The van der Waals surface area contributed by atoms with Crippen molar-refractivity contribution in [3.8, 4) is 11.5 Å². The van der Waals surface area contributed by atoms with Gasteiger partial charge in [0.05, 0.1) is 21.9 Å². The zero-order valence-corrected chi connectivity index (χ0v) is 12.8. The Balaban J connectivity index is 1.83. The molecule has 1 aliphatic rings. The fraction of sp³-hybridized carbons (Fsp3) is 0.125. The van der Waals surface area contributed by atoms with E-state index in [0.717, 1.165) is 28.1 Å². The van der Waals surface area contributed by atoms with Crippen molar-refractivity contribution in [2.45, 2.75) is 6.42 Å². The molecule has 6 nitrogen and oxygen atoms in total. The van der Waals surface area contributed by atoms with E-state index in [-0.39, 0.29) is 12.7 Å². The zero-order chi connectivity index (χ0) is 16.0. The highest BCUT2D eigenvalue weighted by Gasteiger charge is 2.16. The third-order valence-corrected chi connectivity index (χ3v) is 4.08. The molecule has 7 heteroatoms. The molecule has 0 atom stereocenters. The van der Waals surface area contributed by atoms with Gasteiger partial charge in [0, 0.05) is 11.8 Å². The van der Waals surface area contributed by atoms with Gasteiger partial charge in [0.25, 0.3) is 0 Å². The van der Waals surface area contributed by atoms with Crippen molar-refractivity contribution in [3.63, 3.8) is 0 Å². The summed E-state index contributed by atoms with van der Waals surface area (Å²) in [6.45, 7) is 0.241. The molecule has 0 spiro atoms. The summed E-state index contributed by atoms with van der Waals surface area (Å²) in [5.74, 6) is 1.66. The maximum Gasteiger partial charge on any atom is 0.231 e. The van der Waals surface area contributed by atoms with Crippen LogP contribution in [0, 0.1) is 0 Å². The fourth-order valence-electron chi connectivity index (χ4n) is 2.69. The number of aromatic nitrogens is 2. The molecule has 1 aliphatic heterocycles. The lowest BCUT2D eigenvalue weighted by atomic mass is 10.0. The molecule has 0 fully saturated rings. The second-order valence-corrected chi connectivity index (χ2v) is 5.66. The lowest BCUT2D eigenvalue weighted by Gasteiger charge is -2.10. The average Bonchev–Trinajstić information content (AvgIpc) is 2.98. The number of hydrogen-bond acceptors (Lipinski definition) is 6. The number of halogens is 1. The molecule has 0 saturated carbocycles. The van der Waals surface area contributed by atoms with Gasteiger partial charge in [0.2, 0.25) is 12.7 Å². The molecule has 0 saturated heterocycles. The SMILES string of the molecule is Nc1nc(Cc2ccc3c(c2)OCO3)c2c(N)c(Cl)ccc2n1. The van der Waals surface area contributed by atoms with E-state index in [2.05, 4.69) is 9.97 Å². The average molecular weight is 329 g/mol. The van der Waals surface area contributed by atoms with Crippen molar-refractivity contribution in [2.24, 2.45) is 0 Å². The van der Waals surface area contributed by atoms with Gasteiger partial charge in [0.15, 0.2) is 11.5 Å². The summed E-state index contributed by atoms with van der Waals surface area (Å²) in [6, 6.07) is 9.25. The van der Waals surface area contributed by atoms with E-state index >= 15 is 0 Å². The maximum absolute atomic E-state index is 6.13. The first-order valence-corrected chi connectivity index (χ1v) is 7.38. The number of fused-ring (bicyclic) bond motifs is 2. The van der Waals surface area contributed by atoms with Gasteiger partial charge in [-0.25, -0.2) is 9.97 Å². The van der Waals surface area contributed by atoms with Gasteiger partial charge in [-0.1, -0.05) is 17.7 Å². The van der Waals surface area contributed by atoms with Gasteiger partial charge in [0.1, 0.15) is 0 Å². The molecule has 2 heterocycles. The highest BCUT2D eigenvalue weighted by atomic mass is 35.5. The lowest BCUT2D eigenvalue weighted by Crippen LogP contribution is -2.04. The Morgan fingerprint density at radius 2 is 1.87 bits per heavy atom. The monoisotopic (exact) mass is 328 g/mol. The maximum atomic E-state index is 6.13. The first-order chi connectivity index (χ1) is 11.1. The summed E-state index contributed by atoms with van der Waals surface area (Å²) in [5.41, 5.74) is 14.8. The number of nitrogens with zero attached hydrogens (tertiary/aromatic N) is 2. The van der Waals surface area contributed by atoms with Crippen molar-refractivity contribution in [3.05, 3.63) is 46.6 Å². The molecule has 2 aromatic carbocycles. The Morgan fingerprint density at radius 3 is 2.74 bits per heavy atom. The van der Waals surface area contributed by atoms with Crippen molar-refractivity contribution in [1.29, 1.82) is 0 Å². The molecule has 4 rings (SSSR count). The third-order valence-electron chi connectivity index (χ3n) is 3.75. The fourth-order valence-corrected chi connectivity index (χ4v) is 2.85. The highest BCUT2D eigenvalue weighted by Crippen LogP contribution is 2.35. The van der Waals surface area contributed by atoms with Crippen LogP contribution in [0.4, 0.5) is 11.6 Å². The summed E-state index contributed by atoms with van der Waals surface area (Å²) in [5, 5.41) is 1.20. The molecule has 0 bridgehead atoms. The Kier molecular flexibility index (Phi) is 3.12. The Labute approximate surface area is 137 Å². The smallest absolute Gasteiger partial charge is 0.231 e. The number of nitrogen functional groups attached to an aromatic ring is 2. The topological polar surface area (TPSA) is 96.3 Å². The molecular weight excluding hydrogens is 316 g/mol. The quantitative estimate of drug-likeness (QED) is 0.702. The van der Waals surface area contributed by atoms with Crippen LogP contribution in [-0.4, -0.2) is 16.8 Å². The number of anilines is 2. The van der Waals surface area contributed by atoms with Gasteiger partial charge < -0.3 is 20.9 Å². The van der Waals surface area contributed by atoms with E-state index in [1.807, 2.05) is 18.2 Å². The third kappa shape index (κ3) is 2.37. The van der Waals surface area contributed by atoms with Crippen LogP contribution in [0.3, 0.4) is 0 Å². The predicted molar refractivity (Wildman–Crippen MR) is 88.7 cm³/mol. The van der Waals surface area contributed by atoms with Crippen LogP contribution in [0.2, 0.25) is 5.02 Å². The normalized spacial score (nSPS) is 12.7. The van der Waals surface area contributed by atoms with Crippen molar-refractivity contribution in [1.82, 2.24) is 9.97 Å². The molecule has 3 aromatic rings. The summed E-state index contributed by atoms with van der Waals surface area (Å²) in [7, 11) is 0. The summed E-state index contributed by atoms with van der Waals surface area (Å²) >= 11 is 6.13. The van der Waals surface area contributed by atoms with Crippen LogP contribution in [0.1, 0.15) is 11.3 Å². The number of hydrogen-bond donors (Lipinski definition) is 2. The van der Waals surface area contributed by atoms with Crippen LogP contribution in [0.5, 0.6) is 11.5 Å². The first kappa shape index (κ1) is 13.9. The van der Waals surface area contributed by atoms with Gasteiger partial charge in [-0.3, -0.25) is 0 Å². The number of ether oxygens (including phenoxy) is 2. The second-order valence-electron chi connectivity index (χ2n) is 5.25. The minimum atomic E-state index is 0.204. The largest absolute Gasteiger partial charge is 0.454 e. The molecule has 116 valence electrons. The lowest BCUT2D eigenvalue weighted by molar-refractivity contribution is 0.174. The van der Waals surface area contributed by atoms with E-state index < -0.39 is 0 Å². The summed E-state index contributed by atoms with van der Waals surface area (Å²) < 4.78 is 10.7. The standard InChI is InChI=1S/C16H13ClN4O2/c17-9-2-3-10-14(15(9)18)11(21-16(19)20-10)5-8-1-4-12-13(6-8)23-7-22-12/h1-4,6H,5,7,18H2,(H2,19,20,21). The van der Waals surface area contributed by atoms with Crippen LogP contribution in [-0.2, 0) is 6.42 Å². The number of rotatable bonds is 2. The van der Waals surface area contributed by atoms with Crippen LogP contribution < -0.4 is 20.9 Å². The molecule has 4 N–H and O–H groups in total. The van der Waals surface area contributed by atoms with E-state index in [9.17, 15) is 0 Å². The Bertz CT molecular complexity index is 930. The molecule has 1 aromatic heterocycles. The van der Waals surface area contributed by atoms with Crippen LogP contribution in [0.15, 0.2) is 30.3 Å². The van der Waals surface area contributed by atoms with Crippen LogP contribution >= 0.6 is 11.6 Å². The van der Waals surface area contributed by atoms with Gasteiger partial charge in [-0.2, -0.15) is 0 Å². The predicted octanol–water partition coefficient (Wildman–Crippen LogP) is 2.77. The van der Waals surface area contributed by atoms with Crippen molar-refractivity contribution >= 4 is 34.1 Å². The van der Waals surface area contributed by atoms with Crippen molar-refractivity contribution < 1.29 is 9.47 Å². The van der Waals surface area contributed by atoms with E-state index in [1.165, 1.54) is 0 Å². The van der Waals surface area contributed by atoms with E-state index in [1.54, 1.807) is 12.1 Å². The first-order valence-electron chi connectivity index (χ1n) is 7.00. The minimum absolute atomic E-state index is 0.204. The Morgan fingerprint density at radius 1 is 1.04 bits per heavy atom. The summed E-state index contributed by atoms with van der Waals surface area (Å²) in [6.07, 6.45) is 0.532. The van der Waals surface area contributed by atoms with Crippen LogP contribution in [0.25, 0.3) is 10.9 Å². The molecular formula is C16H13ClN4O2.